The molecule has 0 aliphatic heterocycles. The van der Waals surface area contributed by atoms with Crippen LogP contribution < -0.4 is 5.32 Å². The molecule has 1 aromatic carbocycles. The standard InChI is InChI=1S/C12H17NO/c1-7-8(2)10(4)12(13-5)11(6-14)9(7)3/h6,13H,1-5H3. The molecule has 0 amide bonds. The molecule has 2 heteroatoms. The van der Waals surface area contributed by atoms with Crippen molar-refractivity contribution >= 4 is 12.0 Å². The number of nitrogens with one attached hydrogen (secondary N) is 1. The molecule has 0 saturated heterocycles. The smallest absolute Gasteiger partial charge is 0.152 e. The first-order chi connectivity index (χ1) is 6.54. The van der Waals surface area contributed by atoms with Crippen LogP contribution in [-0.2, 0) is 0 Å². The van der Waals surface area contributed by atoms with Crippen molar-refractivity contribution in [2.45, 2.75) is 27.7 Å². The van der Waals surface area contributed by atoms with Gasteiger partial charge in [-0.05, 0) is 49.9 Å². The third-order valence-electron chi connectivity index (χ3n) is 3.10. The van der Waals surface area contributed by atoms with Gasteiger partial charge in [0.05, 0.1) is 0 Å². The molecule has 0 fully saturated rings. The molecule has 0 radical (unpaired) electrons. The Balaban J connectivity index is 3.65. The summed E-state index contributed by atoms with van der Waals surface area (Å²) in [4.78, 5) is 11.0. The van der Waals surface area contributed by atoms with Crippen LogP contribution in [-0.4, -0.2) is 13.3 Å². The summed E-state index contributed by atoms with van der Waals surface area (Å²) in [5.74, 6) is 0. The normalized spacial score (nSPS) is 10.1. The first-order valence-electron chi connectivity index (χ1n) is 4.77. The van der Waals surface area contributed by atoms with Crippen LogP contribution in [0.2, 0.25) is 0 Å². The zero-order valence-electron chi connectivity index (χ0n) is 9.49. The van der Waals surface area contributed by atoms with E-state index in [0.717, 1.165) is 28.7 Å². The lowest BCUT2D eigenvalue weighted by atomic mass is 9.93. The summed E-state index contributed by atoms with van der Waals surface area (Å²) < 4.78 is 0. The first-order valence-corrected chi connectivity index (χ1v) is 4.77. The van der Waals surface area contributed by atoms with E-state index in [4.69, 9.17) is 0 Å². The third kappa shape index (κ3) is 1.41. The summed E-state index contributed by atoms with van der Waals surface area (Å²) in [6.45, 7) is 8.18. The van der Waals surface area contributed by atoms with E-state index in [-0.39, 0.29) is 0 Å². The van der Waals surface area contributed by atoms with Crippen LogP contribution in [0.1, 0.15) is 32.6 Å². The predicted molar refractivity (Wildman–Crippen MR) is 60.3 cm³/mol. The Bertz CT molecular complexity index is 381. The average molecular weight is 191 g/mol. The van der Waals surface area contributed by atoms with Crippen molar-refractivity contribution in [1.29, 1.82) is 0 Å². The maximum absolute atomic E-state index is 11.0. The summed E-state index contributed by atoms with van der Waals surface area (Å²) >= 11 is 0. The largest absolute Gasteiger partial charge is 0.387 e. The van der Waals surface area contributed by atoms with Gasteiger partial charge >= 0.3 is 0 Å². The fourth-order valence-corrected chi connectivity index (χ4v) is 1.81. The highest BCUT2D eigenvalue weighted by Gasteiger charge is 2.12. The van der Waals surface area contributed by atoms with E-state index >= 15 is 0 Å². The molecule has 2 nitrogen and oxygen atoms in total. The van der Waals surface area contributed by atoms with Crippen LogP contribution in [0.25, 0.3) is 0 Å². The molecule has 0 unspecified atom stereocenters. The molecule has 14 heavy (non-hydrogen) atoms. The number of benzene rings is 1. The van der Waals surface area contributed by atoms with E-state index in [9.17, 15) is 4.79 Å². The highest BCUT2D eigenvalue weighted by molar-refractivity contribution is 5.89. The molecule has 0 saturated carbocycles. The average Bonchev–Trinajstić information content (AvgIpc) is 2.20. The van der Waals surface area contributed by atoms with E-state index in [2.05, 4.69) is 19.2 Å². The van der Waals surface area contributed by atoms with E-state index in [1.165, 1.54) is 11.1 Å². The van der Waals surface area contributed by atoms with Crippen molar-refractivity contribution in [2.24, 2.45) is 0 Å². The van der Waals surface area contributed by atoms with Crippen molar-refractivity contribution in [3.8, 4) is 0 Å². The number of rotatable bonds is 2. The zero-order valence-corrected chi connectivity index (χ0v) is 9.49. The summed E-state index contributed by atoms with van der Waals surface area (Å²) in [5, 5.41) is 3.09. The summed E-state index contributed by atoms with van der Waals surface area (Å²) in [5.41, 5.74) is 6.46. The molecule has 0 aromatic heterocycles. The fourth-order valence-electron chi connectivity index (χ4n) is 1.81. The number of hydrogen-bond acceptors (Lipinski definition) is 2. The van der Waals surface area contributed by atoms with Crippen LogP contribution in [0.3, 0.4) is 0 Å². The number of carbonyl (C=O) groups is 1. The van der Waals surface area contributed by atoms with Gasteiger partial charge in [0.1, 0.15) is 0 Å². The number of aldehydes is 1. The monoisotopic (exact) mass is 191 g/mol. The molecule has 0 spiro atoms. The van der Waals surface area contributed by atoms with Crippen molar-refractivity contribution in [2.75, 3.05) is 12.4 Å². The van der Waals surface area contributed by atoms with Crippen LogP contribution in [0, 0.1) is 27.7 Å². The third-order valence-corrected chi connectivity index (χ3v) is 3.10. The van der Waals surface area contributed by atoms with Gasteiger partial charge in [0.25, 0.3) is 0 Å². The second-order valence-corrected chi connectivity index (χ2v) is 3.66. The van der Waals surface area contributed by atoms with Crippen molar-refractivity contribution in [3.05, 3.63) is 27.8 Å². The Kier molecular flexibility index (Phi) is 2.94. The molecule has 0 atom stereocenters. The summed E-state index contributed by atoms with van der Waals surface area (Å²) in [6, 6.07) is 0. The molecule has 0 aliphatic carbocycles. The summed E-state index contributed by atoms with van der Waals surface area (Å²) in [6.07, 6.45) is 0.931. The van der Waals surface area contributed by atoms with Gasteiger partial charge in [0, 0.05) is 18.3 Å². The van der Waals surface area contributed by atoms with E-state index in [1.54, 1.807) is 0 Å². The van der Waals surface area contributed by atoms with Crippen molar-refractivity contribution in [3.63, 3.8) is 0 Å². The molecule has 1 aromatic rings. The Labute approximate surface area is 85.3 Å². The molecule has 0 bridgehead atoms. The Hall–Kier alpha value is -1.31. The SMILES string of the molecule is CNc1c(C)c(C)c(C)c(C)c1C=O. The second kappa shape index (κ2) is 3.82. The Morgan fingerprint density at radius 3 is 1.86 bits per heavy atom. The highest BCUT2D eigenvalue weighted by Crippen LogP contribution is 2.29. The van der Waals surface area contributed by atoms with E-state index < -0.39 is 0 Å². The number of anilines is 1. The molecule has 0 aliphatic rings. The van der Waals surface area contributed by atoms with Crippen LogP contribution in [0.5, 0.6) is 0 Å². The lowest BCUT2D eigenvalue weighted by molar-refractivity contribution is 0.112. The van der Waals surface area contributed by atoms with Gasteiger partial charge in [-0.25, -0.2) is 0 Å². The maximum Gasteiger partial charge on any atom is 0.152 e. The lowest BCUT2D eigenvalue weighted by Gasteiger charge is -2.17. The topological polar surface area (TPSA) is 29.1 Å². The number of hydrogen-bond donors (Lipinski definition) is 1. The van der Waals surface area contributed by atoms with Crippen LogP contribution >= 0.6 is 0 Å². The van der Waals surface area contributed by atoms with Crippen molar-refractivity contribution < 1.29 is 4.79 Å². The fraction of sp³-hybridized carbons (Fsp3) is 0.417. The van der Waals surface area contributed by atoms with Gasteiger partial charge in [0.2, 0.25) is 0 Å². The van der Waals surface area contributed by atoms with Gasteiger partial charge in [0.15, 0.2) is 6.29 Å². The molecular formula is C12H17NO. The molecule has 1 N–H and O–H groups in total. The van der Waals surface area contributed by atoms with Crippen LogP contribution in [0.4, 0.5) is 5.69 Å². The maximum atomic E-state index is 11.0. The molecule has 1 rings (SSSR count). The van der Waals surface area contributed by atoms with E-state index in [0.29, 0.717) is 0 Å². The summed E-state index contributed by atoms with van der Waals surface area (Å²) in [7, 11) is 1.85. The molecule has 0 heterocycles. The second-order valence-electron chi connectivity index (χ2n) is 3.66. The lowest BCUT2D eigenvalue weighted by Crippen LogP contribution is -2.04. The van der Waals surface area contributed by atoms with Gasteiger partial charge in [-0.3, -0.25) is 4.79 Å². The van der Waals surface area contributed by atoms with Gasteiger partial charge in [-0.1, -0.05) is 0 Å². The minimum Gasteiger partial charge on any atom is -0.387 e. The minimum atomic E-state index is 0.785. The van der Waals surface area contributed by atoms with Crippen molar-refractivity contribution in [1.82, 2.24) is 0 Å². The van der Waals surface area contributed by atoms with Gasteiger partial charge in [-0.2, -0.15) is 0 Å². The van der Waals surface area contributed by atoms with E-state index in [1.807, 2.05) is 20.9 Å². The Morgan fingerprint density at radius 1 is 0.929 bits per heavy atom. The highest BCUT2D eigenvalue weighted by atomic mass is 16.1. The first kappa shape index (κ1) is 10.8. The number of carbonyl (C=O) groups excluding carboxylic acids is 1. The molecule has 76 valence electrons. The van der Waals surface area contributed by atoms with Gasteiger partial charge < -0.3 is 5.32 Å². The minimum absolute atomic E-state index is 0.785. The van der Waals surface area contributed by atoms with Crippen LogP contribution in [0.15, 0.2) is 0 Å². The quantitative estimate of drug-likeness (QED) is 0.728. The Morgan fingerprint density at radius 2 is 1.43 bits per heavy atom. The molecular weight excluding hydrogens is 174 g/mol. The predicted octanol–water partition coefficient (Wildman–Crippen LogP) is 2.77. The van der Waals surface area contributed by atoms with Gasteiger partial charge in [-0.15, -0.1) is 0 Å². The zero-order chi connectivity index (χ0) is 10.9.